The van der Waals surface area contributed by atoms with Crippen LogP contribution >= 0.6 is 0 Å². The first-order chi connectivity index (χ1) is 9.25. The highest BCUT2D eigenvalue weighted by Gasteiger charge is 2.35. The molecule has 112 valence electrons. The SMILES string of the molecule is CNC(=O)C(C)(C)CNC1CC(C)(C)Cc2occc21. The summed E-state index contributed by atoms with van der Waals surface area (Å²) in [6.45, 7) is 9.10. The van der Waals surface area contributed by atoms with Gasteiger partial charge in [0.2, 0.25) is 5.91 Å². The minimum absolute atomic E-state index is 0.0625. The maximum atomic E-state index is 11.9. The lowest BCUT2D eigenvalue weighted by atomic mass is 9.74. The second kappa shape index (κ2) is 5.24. The Morgan fingerprint density at radius 2 is 2.20 bits per heavy atom. The lowest BCUT2D eigenvalue weighted by molar-refractivity contribution is -0.128. The predicted molar refractivity (Wildman–Crippen MR) is 79.4 cm³/mol. The fourth-order valence-electron chi connectivity index (χ4n) is 2.95. The van der Waals surface area contributed by atoms with E-state index in [1.54, 1.807) is 13.3 Å². The van der Waals surface area contributed by atoms with E-state index in [-0.39, 0.29) is 17.4 Å². The number of carbonyl (C=O) groups is 1. The molecule has 0 saturated heterocycles. The molecule has 4 heteroatoms. The van der Waals surface area contributed by atoms with Gasteiger partial charge in [0.15, 0.2) is 0 Å². The van der Waals surface area contributed by atoms with Gasteiger partial charge in [0, 0.05) is 31.6 Å². The molecule has 2 rings (SSSR count). The number of furan rings is 1. The predicted octanol–water partition coefficient (Wildman–Crippen LogP) is 2.65. The van der Waals surface area contributed by atoms with E-state index in [4.69, 9.17) is 4.42 Å². The standard InChI is InChI=1S/C16H26N2O2/c1-15(2)8-12(11-6-7-20-13(11)9-15)18-10-16(3,4)14(19)17-5/h6-7,12,18H,8-10H2,1-5H3,(H,17,19). The molecule has 0 aromatic carbocycles. The zero-order valence-corrected chi connectivity index (χ0v) is 13.2. The molecular formula is C16H26N2O2. The zero-order chi connectivity index (χ0) is 15.0. The first kappa shape index (κ1) is 15.1. The van der Waals surface area contributed by atoms with E-state index in [2.05, 4.69) is 30.5 Å². The molecule has 0 aliphatic heterocycles. The number of rotatable bonds is 4. The Kier molecular flexibility index (Phi) is 3.96. The van der Waals surface area contributed by atoms with Gasteiger partial charge in [-0.1, -0.05) is 13.8 Å². The number of hydrogen-bond donors (Lipinski definition) is 2. The Hall–Kier alpha value is -1.29. The Labute approximate surface area is 121 Å². The lowest BCUT2D eigenvalue weighted by Crippen LogP contribution is -2.44. The Bertz CT molecular complexity index is 488. The summed E-state index contributed by atoms with van der Waals surface area (Å²) in [5.74, 6) is 1.14. The van der Waals surface area contributed by atoms with Crippen LogP contribution in [0.15, 0.2) is 16.7 Å². The van der Waals surface area contributed by atoms with Crippen molar-refractivity contribution in [2.45, 2.75) is 46.6 Å². The molecule has 1 amide bonds. The van der Waals surface area contributed by atoms with Gasteiger partial charge in [0.05, 0.1) is 11.7 Å². The van der Waals surface area contributed by atoms with Crippen LogP contribution in [-0.2, 0) is 11.2 Å². The van der Waals surface area contributed by atoms with Crippen LogP contribution in [0.1, 0.15) is 51.5 Å². The first-order valence-corrected chi connectivity index (χ1v) is 7.27. The summed E-state index contributed by atoms with van der Waals surface area (Å²) >= 11 is 0. The van der Waals surface area contributed by atoms with E-state index in [1.165, 1.54) is 5.56 Å². The molecule has 2 N–H and O–H groups in total. The monoisotopic (exact) mass is 278 g/mol. The van der Waals surface area contributed by atoms with Gasteiger partial charge in [-0.3, -0.25) is 4.79 Å². The van der Waals surface area contributed by atoms with Crippen molar-refractivity contribution < 1.29 is 9.21 Å². The molecule has 1 aliphatic carbocycles. The largest absolute Gasteiger partial charge is 0.469 e. The van der Waals surface area contributed by atoms with E-state index >= 15 is 0 Å². The van der Waals surface area contributed by atoms with E-state index in [9.17, 15) is 4.79 Å². The van der Waals surface area contributed by atoms with Gasteiger partial charge in [-0.05, 0) is 31.7 Å². The Morgan fingerprint density at radius 1 is 1.50 bits per heavy atom. The van der Waals surface area contributed by atoms with Crippen molar-refractivity contribution in [2.75, 3.05) is 13.6 Å². The maximum absolute atomic E-state index is 11.9. The molecule has 4 nitrogen and oxygen atoms in total. The molecule has 0 fully saturated rings. The molecule has 1 heterocycles. The normalized spacial score (nSPS) is 21.4. The minimum atomic E-state index is -0.416. The third-order valence-electron chi connectivity index (χ3n) is 4.18. The molecule has 0 bridgehead atoms. The summed E-state index contributed by atoms with van der Waals surface area (Å²) in [4.78, 5) is 11.9. The lowest BCUT2D eigenvalue weighted by Gasteiger charge is -2.36. The second-order valence-electron chi connectivity index (χ2n) is 7.24. The third-order valence-corrected chi connectivity index (χ3v) is 4.18. The highest BCUT2D eigenvalue weighted by atomic mass is 16.3. The zero-order valence-electron chi connectivity index (χ0n) is 13.2. The minimum Gasteiger partial charge on any atom is -0.469 e. The Morgan fingerprint density at radius 3 is 2.85 bits per heavy atom. The van der Waals surface area contributed by atoms with Crippen molar-refractivity contribution in [3.63, 3.8) is 0 Å². The molecule has 0 spiro atoms. The number of fused-ring (bicyclic) bond motifs is 1. The van der Waals surface area contributed by atoms with Gasteiger partial charge in [0.25, 0.3) is 0 Å². The van der Waals surface area contributed by atoms with Crippen molar-refractivity contribution in [1.82, 2.24) is 10.6 Å². The smallest absolute Gasteiger partial charge is 0.226 e. The van der Waals surface area contributed by atoms with Crippen molar-refractivity contribution in [3.8, 4) is 0 Å². The average molecular weight is 278 g/mol. The fourth-order valence-corrected chi connectivity index (χ4v) is 2.95. The summed E-state index contributed by atoms with van der Waals surface area (Å²) < 4.78 is 5.60. The summed E-state index contributed by atoms with van der Waals surface area (Å²) in [5.41, 5.74) is 1.05. The molecule has 1 atom stereocenters. The molecule has 0 saturated carbocycles. The highest BCUT2D eigenvalue weighted by molar-refractivity contribution is 5.81. The molecule has 20 heavy (non-hydrogen) atoms. The van der Waals surface area contributed by atoms with Crippen molar-refractivity contribution in [2.24, 2.45) is 10.8 Å². The van der Waals surface area contributed by atoms with Crippen LogP contribution in [0.4, 0.5) is 0 Å². The van der Waals surface area contributed by atoms with E-state index in [0.29, 0.717) is 6.54 Å². The van der Waals surface area contributed by atoms with Gasteiger partial charge < -0.3 is 15.1 Å². The van der Waals surface area contributed by atoms with Gasteiger partial charge in [-0.25, -0.2) is 0 Å². The number of amides is 1. The van der Waals surface area contributed by atoms with Crippen LogP contribution < -0.4 is 10.6 Å². The van der Waals surface area contributed by atoms with Crippen LogP contribution in [0, 0.1) is 10.8 Å². The average Bonchev–Trinajstić information content (AvgIpc) is 2.81. The molecule has 0 radical (unpaired) electrons. The molecule has 1 aliphatic rings. The fraction of sp³-hybridized carbons (Fsp3) is 0.688. The van der Waals surface area contributed by atoms with E-state index in [1.807, 2.05) is 13.8 Å². The van der Waals surface area contributed by atoms with Gasteiger partial charge in [-0.15, -0.1) is 0 Å². The van der Waals surface area contributed by atoms with Crippen LogP contribution in [0.3, 0.4) is 0 Å². The van der Waals surface area contributed by atoms with Crippen molar-refractivity contribution in [1.29, 1.82) is 0 Å². The van der Waals surface area contributed by atoms with Crippen LogP contribution in [-0.4, -0.2) is 19.5 Å². The summed E-state index contributed by atoms with van der Waals surface area (Å²) in [6, 6.07) is 2.31. The van der Waals surface area contributed by atoms with Crippen LogP contribution in [0.2, 0.25) is 0 Å². The molecule has 1 aromatic rings. The van der Waals surface area contributed by atoms with Crippen molar-refractivity contribution in [3.05, 3.63) is 23.7 Å². The second-order valence-corrected chi connectivity index (χ2v) is 7.24. The van der Waals surface area contributed by atoms with Crippen LogP contribution in [0.25, 0.3) is 0 Å². The van der Waals surface area contributed by atoms with Gasteiger partial charge >= 0.3 is 0 Å². The number of nitrogens with one attached hydrogen (secondary N) is 2. The maximum Gasteiger partial charge on any atom is 0.226 e. The van der Waals surface area contributed by atoms with Gasteiger partial charge in [-0.2, -0.15) is 0 Å². The molecular weight excluding hydrogens is 252 g/mol. The Balaban J connectivity index is 2.09. The summed E-state index contributed by atoms with van der Waals surface area (Å²) in [6.07, 6.45) is 3.81. The van der Waals surface area contributed by atoms with E-state index in [0.717, 1.165) is 18.6 Å². The van der Waals surface area contributed by atoms with E-state index < -0.39 is 5.41 Å². The molecule has 1 aromatic heterocycles. The summed E-state index contributed by atoms with van der Waals surface area (Å²) in [5, 5.41) is 6.28. The van der Waals surface area contributed by atoms with Gasteiger partial charge in [0.1, 0.15) is 5.76 Å². The number of carbonyl (C=O) groups excluding carboxylic acids is 1. The summed E-state index contributed by atoms with van der Waals surface area (Å²) in [7, 11) is 1.68. The van der Waals surface area contributed by atoms with Crippen molar-refractivity contribution >= 4 is 5.91 Å². The highest BCUT2D eigenvalue weighted by Crippen LogP contribution is 2.41. The quantitative estimate of drug-likeness (QED) is 0.890. The number of hydrogen-bond acceptors (Lipinski definition) is 3. The third kappa shape index (κ3) is 3.06. The first-order valence-electron chi connectivity index (χ1n) is 7.27. The topological polar surface area (TPSA) is 54.3 Å². The van der Waals surface area contributed by atoms with Crippen LogP contribution in [0.5, 0.6) is 0 Å². The molecule has 1 unspecified atom stereocenters.